The maximum Gasteiger partial charge on any atom is 0.362 e. The zero-order chi connectivity index (χ0) is 22.1. The van der Waals surface area contributed by atoms with E-state index >= 15 is 0 Å². The summed E-state index contributed by atoms with van der Waals surface area (Å²) in [4.78, 5) is 32.7. The van der Waals surface area contributed by atoms with Gasteiger partial charge in [0, 0.05) is 23.3 Å². The molecular formula is C21H14N6O4S. The molecule has 5 rings (SSSR count). The lowest BCUT2D eigenvalue weighted by atomic mass is 10.2. The van der Waals surface area contributed by atoms with Gasteiger partial charge in [-0.05, 0) is 30.3 Å². The maximum atomic E-state index is 12.4. The Bertz CT molecular complexity index is 1490. The molecule has 11 heteroatoms. The third kappa shape index (κ3) is 3.72. The van der Waals surface area contributed by atoms with Gasteiger partial charge in [0.05, 0.1) is 11.9 Å². The fraction of sp³-hybridized carbons (Fsp3) is 0.0476. The minimum Gasteiger partial charge on any atom is -0.470 e. The van der Waals surface area contributed by atoms with Crippen molar-refractivity contribution in [1.82, 2.24) is 25.0 Å². The number of rotatable bonds is 6. The first-order chi connectivity index (χ1) is 15.6. The number of aromatic nitrogens is 5. The van der Waals surface area contributed by atoms with Crippen molar-refractivity contribution in [3.05, 3.63) is 75.8 Å². The van der Waals surface area contributed by atoms with Crippen LogP contribution in [0.15, 0.2) is 64.1 Å². The van der Waals surface area contributed by atoms with Gasteiger partial charge >= 0.3 is 5.63 Å². The van der Waals surface area contributed by atoms with E-state index in [-0.39, 0.29) is 18.2 Å². The second-order valence-electron chi connectivity index (χ2n) is 6.68. The summed E-state index contributed by atoms with van der Waals surface area (Å²) < 4.78 is 12.3. The lowest BCUT2D eigenvalue weighted by molar-refractivity contribution is 0.112. The second-order valence-corrected chi connectivity index (χ2v) is 7.71. The number of nitrogen functional groups attached to an aromatic ring is 1. The van der Waals surface area contributed by atoms with E-state index < -0.39 is 5.63 Å². The summed E-state index contributed by atoms with van der Waals surface area (Å²) >= 11 is 1.18. The average Bonchev–Trinajstić information content (AvgIpc) is 3.44. The van der Waals surface area contributed by atoms with Crippen LogP contribution in [0.25, 0.3) is 27.4 Å². The van der Waals surface area contributed by atoms with Gasteiger partial charge in [-0.15, -0.1) is 16.4 Å². The molecule has 5 aromatic rings. The Hall–Kier alpha value is -4.38. The summed E-state index contributed by atoms with van der Waals surface area (Å²) in [5.41, 5.74) is 7.31. The van der Waals surface area contributed by atoms with E-state index in [9.17, 15) is 9.59 Å². The van der Waals surface area contributed by atoms with Crippen molar-refractivity contribution in [3.63, 3.8) is 0 Å². The van der Waals surface area contributed by atoms with Crippen LogP contribution in [0.5, 0.6) is 5.88 Å². The zero-order valence-electron chi connectivity index (χ0n) is 16.3. The van der Waals surface area contributed by atoms with Gasteiger partial charge in [-0.1, -0.05) is 11.3 Å². The molecule has 0 saturated heterocycles. The van der Waals surface area contributed by atoms with Crippen LogP contribution in [0.3, 0.4) is 0 Å². The van der Waals surface area contributed by atoms with E-state index in [1.165, 1.54) is 16.0 Å². The third-order valence-corrected chi connectivity index (χ3v) is 5.48. The predicted octanol–water partition coefficient (Wildman–Crippen LogP) is 2.87. The van der Waals surface area contributed by atoms with E-state index in [0.717, 1.165) is 0 Å². The molecule has 1 aromatic carbocycles. The number of hydrogen-bond donors (Lipinski definition) is 1. The average molecular weight is 446 g/mol. The lowest BCUT2D eigenvalue weighted by Crippen LogP contribution is -2.10. The van der Waals surface area contributed by atoms with Gasteiger partial charge in [-0.3, -0.25) is 9.78 Å². The number of nitrogens with zero attached hydrogens (tertiary/aromatic N) is 5. The van der Waals surface area contributed by atoms with E-state index in [2.05, 4.69) is 20.3 Å². The molecule has 2 N–H and O–H groups in total. The summed E-state index contributed by atoms with van der Waals surface area (Å²) in [6.45, 7) is 0.00167. The highest BCUT2D eigenvalue weighted by atomic mass is 32.1. The number of hydrogen-bond acceptors (Lipinski definition) is 10. The third-order valence-electron chi connectivity index (χ3n) is 4.50. The molecule has 0 saturated carbocycles. The summed E-state index contributed by atoms with van der Waals surface area (Å²) in [6.07, 6.45) is 3.87. The van der Waals surface area contributed by atoms with Gasteiger partial charge in [0.25, 0.3) is 0 Å². The number of fused-ring (bicyclic) bond motifs is 1. The van der Waals surface area contributed by atoms with Crippen molar-refractivity contribution in [2.24, 2.45) is 0 Å². The van der Waals surface area contributed by atoms with Crippen LogP contribution >= 0.6 is 11.3 Å². The number of pyridine rings is 1. The van der Waals surface area contributed by atoms with E-state index in [1.54, 1.807) is 48.8 Å². The van der Waals surface area contributed by atoms with E-state index in [4.69, 9.17) is 14.9 Å². The number of carbonyl (C=O) groups is 1. The van der Waals surface area contributed by atoms with Gasteiger partial charge in [-0.2, -0.15) is 4.98 Å². The zero-order valence-corrected chi connectivity index (χ0v) is 17.2. The quantitative estimate of drug-likeness (QED) is 0.237. The number of ether oxygens (including phenoxy) is 1. The Balaban J connectivity index is 1.38. The van der Waals surface area contributed by atoms with Gasteiger partial charge < -0.3 is 14.9 Å². The van der Waals surface area contributed by atoms with Gasteiger partial charge in [0.15, 0.2) is 12.0 Å². The van der Waals surface area contributed by atoms with Crippen LogP contribution in [-0.4, -0.2) is 31.2 Å². The normalized spacial score (nSPS) is 11.0. The number of aldehydes is 1. The number of anilines is 1. The van der Waals surface area contributed by atoms with Crippen LogP contribution in [0, 0.1) is 0 Å². The molecule has 4 aromatic heterocycles. The molecule has 0 amide bonds. The number of benzene rings is 1. The molecule has 158 valence electrons. The second kappa shape index (κ2) is 8.04. The highest BCUT2D eigenvalue weighted by Crippen LogP contribution is 2.30. The monoisotopic (exact) mass is 446 g/mol. The molecule has 0 unspecified atom stereocenters. The fourth-order valence-corrected chi connectivity index (χ4v) is 3.80. The molecule has 0 spiro atoms. The first kappa shape index (κ1) is 19.6. The van der Waals surface area contributed by atoms with Gasteiger partial charge in [0.1, 0.15) is 27.8 Å². The summed E-state index contributed by atoms with van der Waals surface area (Å²) in [5.74, 6) is 0.183. The van der Waals surface area contributed by atoms with Crippen molar-refractivity contribution < 1.29 is 13.9 Å². The van der Waals surface area contributed by atoms with Crippen molar-refractivity contribution in [1.29, 1.82) is 0 Å². The summed E-state index contributed by atoms with van der Waals surface area (Å²) in [6, 6.07) is 12.1. The van der Waals surface area contributed by atoms with Gasteiger partial charge in [0.2, 0.25) is 5.88 Å². The molecule has 0 bridgehead atoms. The van der Waals surface area contributed by atoms with E-state index in [0.29, 0.717) is 44.2 Å². The van der Waals surface area contributed by atoms with Gasteiger partial charge in [-0.25, -0.2) is 9.48 Å². The summed E-state index contributed by atoms with van der Waals surface area (Å²) in [7, 11) is 0. The SMILES string of the molecule is Nc1ccc2cc(-n3cc(COc4nc(-c5ccccn5)sc4C=O)nn3)c(=O)oc2c1. The molecule has 10 nitrogen and oxygen atoms in total. The number of nitrogens with two attached hydrogens (primary N) is 1. The Labute approximate surface area is 183 Å². The Kier molecular flexibility index (Phi) is 4.92. The topological polar surface area (TPSA) is 139 Å². The van der Waals surface area contributed by atoms with Crippen LogP contribution in [0.2, 0.25) is 0 Å². The summed E-state index contributed by atoms with van der Waals surface area (Å²) in [5, 5.41) is 9.28. The van der Waals surface area contributed by atoms with Crippen LogP contribution in [-0.2, 0) is 6.61 Å². The van der Waals surface area contributed by atoms with Crippen molar-refractivity contribution in [2.45, 2.75) is 6.61 Å². The standard InChI is InChI=1S/C21H14N6O4S/c22-13-5-4-12-7-16(21(29)31-17(12)8-13)27-9-14(25-26-27)11-30-19-18(10-28)32-20(24-19)15-3-1-2-6-23-15/h1-10H,11,22H2. The fourth-order valence-electron chi connectivity index (χ4n) is 3.00. The van der Waals surface area contributed by atoms with Crippen molar-refractivity contribution in [2.75, 3.05) is 5.73 Å². The molecule has 0 atom stereocenters. The smallest absolute Gasteiger partial charge is 0.362 e. The van der Waals surface area contributed by atoms with Crippen LogP contribution in [0.1, 0.15) is 15.4 Å². The highest BCUT2D eigenvalue weighted by Gasteiger charge is 2.16. The Morgan fingerprint density at radius 3 is 2.94 bits per heavy atom. The first-order valence-corrected chi connectivity index (χ1v) is 10.2. The minimum absolute atomic E-state index is 0.00167. The molecule has 32 heavy (non-hydrogen) atoms. The molecule has 0 aliphatic carbocycles. The molecule has 0 radical (unpaired) electrons. The molecule has 4 heterocycles. The molecule has 0 fully saturated rings. The first-order valence-electron chi connectivity index (χ1n) is 9.36. The highest BCUT2D eigenvalue weighted by molar-refractivity contribution is 7.16. The van der Waals surface area contributed by atoms with Crippen LogP contribution in [0.4, 0.5) is 5.69 Å². The molecular weight excluding hydrogens is 432 g/mol. The lowest BCUT2D eigenvalue weighted by Gasteiger charge is -2.02. The predicted molar refractivity (Wildman–Crippen MR) is 117 cm³/mol. The Morgan fingerprint density at radius 2 is 2.12 bits per heavy atom. The van der Waals surface area contributed by atoms with Crippen LogP contribution < -0.4 is 16.1 Å². The Morgan fingerprint density at radius 1 is 1.22 bits per heavy atom. The van der Waals surface area contributed by atoms with Crippen molar-refractivity contribution >= 4 is 34.3 Å². The number of thiazole rings is 1. The maximum absolute atomic E-state index is 12.4. The molecule has 0 aliphatic heterocycles. The van der Waals surface area contributed by atoms with E-state index in [1.807, 2.05) is 6.07 Å². The minimum atomic E-state index is -0.580. The largest absolute Gasteiger partial charge is 0.470 e. The molecule has 0 aliphatic rings. The number of carbonyl (C=O) groups excluding carboxylic acids is 1. The van der Waals surface area contributed by atoms with Crippen molar-refractivity contribution in [3.8, 4) is 22.3 Å².